The summed E-state index contributed by atoms with van der Waals surface area (Å²) in [5, 5.41) is 17.2. The summed E-state index contributed by atoms with van der Waals surface area (Å²) in [6, 6.07) is 9.14. The monoisotopic (exact) mass is 418 g/mol. The van der Waals surface area contributed by atoms with Crippen LogP contribution in [-0.4, -0.2) is 24.0 Å². The van der Waals surface area contributed by atoms with Gasteiger partial charge < -0.3 is 20.5 Å². The lowest BCUT2D eigenvalue weighted by Crippen LogP contribution is -2.58. The van der Waals surface area contributed by atoms with Crippen molar-refractivity contribution in [3.8, 4) is 5.75 Å². The first-order chi connectivity index (χ1) is 14.1. The molecule has 1 aliphatic heterocycles. The van der Waals surface area contributed by atoms with Gasteiger partial charge in [0.15, 0.2) is 5.60 Å². The molecule has 30 heavy (non-hydrogen) atoms. The highest BCUT2D eigenvalue weighted by molar-refractivity contribution is 5.71. The van der Waals surface area contributed by atoms with E-state index in [4.69, 9.17) is 4.74 Å². The van der Waals surface area contributed by atoms with Gasteiger partial charge in [0, 0.05) is 17.8 Å². The number of methoxy groups -OCH3 is 1. The van der Waals surface area contributed by atoms with E-state index in [0.29, 0.717) is 23.5 Å². The van der Waals surface area contributed by atoms with Gasteiger partial charge in [-0.3, -0.25) is 0 Å². The van der Waals surface area contributed by atoms with Crippen molar-refractivity contribution in [1.82, 2.24) is 5.32 Å². The number of anilines is 1. The van der Waals surface area contributed by atoms with Crippen molar-refractivity contribution in [2.45, 2.75) is 50.0 Å². The molecule has 2 unspecified atom stereocenters. The molecule has 0 spiro atoms. The molecule has 0 saturated carbocycles. The van der Waals surface area contributed by atoms with Crippen molar-refractivity contribution in [2.75, 3.05) is 12.4 Å². The van der Waals surface area contributed by atoms with Crippen LogP contribution < -0.4 is 15.4 Å². The molecule has 0 saturated heterocycles. The molecule has 2 aromatic rings. The third-order valence-electron chi connectivity index (χ3n) is 6.14. The van der Waals surface area contributed by atoms with E-state index in [1.54, 1.807) is 50.4 Å². The maximum Gasteiger partial charge on any atom is 0.419 e. The van der Waals surface area contributed by atoms with Gasteiger partial charge in [-0.2, -0.15) is 13.2 Å². The first kappa shape index (κ1) is 20.6. The molecule has 160 valence electrons. The standard InChI is InChI=1S/C23H25F3N2O2/c1-21(2)13-22(29,23(24,25)26)20(17-8-7-15(30-3)11-18(17)21)28-19-6-4-5-14-12-27-10-9-16(14)19/h4-11,20,27-29H,12-13H2,1-3H3. The second-order valence-electron chi connectivity index (χ2n) is 8.61. The molecule has 2 atom stereocenters. The highest BCUT2D eigenvalue weighted by atomic mass is 19.4. The molecule has 7 heteroatoms. The van der Waals surface area contributed by atoms with Crippen molar-refractivity contribution in [1.29, 1.82) is 0 Å². The van der Waals surface area contributed by atoms with Gasteiger partial charge in [-0.15, -0.1) is 0 Å². The molecular formula is C23H25F3N2O2. The smallest absolute Gasteiger partial charge is 0.419 e. The van der Waals surface area contributed by atoms with Crippen LogP contribution in [0.15, 0.2) is 42.6 Å². The predicted molar refractivity (Wildman–Crippen MR) is 110 cm³/mol. The third kappa shape index (κ3) is 3.21. The molecule has 2 aromatic carbocycles. The molecule has 1 aliphatic carbocycles. The molecular weight excluding hydrogens is 393 g/mol. The number of nitrogens with one attached hydrogen (secondary N) is 2. The molecule has 0 amide bonds. The van der Waals surface area contributed by atoms with Crippen LogP contribution in [0.3, 0.4) is 0 Å². The first-order valence-corrected chi connectivity index (χ1v) is 9.83. The Hall–Kier alpha value is -2.67. The molecule has 0 aromatic heterocycles. The lowest BCUT2D eigenvalue weighted by Gasteiger charge is -2.49. The maximum atomic E-state index is 14.3. The number of aliphatic hydroxyl groups is 1. The average Bonchev–Trinajstić information content (AvgIpc) is 2.69. The summed E-state index contributed by atoms with van der Waals surface area (Å²) < 4.78 is 48.1. The highest BCUT2D eigenvalue weighted by Gasteiger charge is 2.63. The fourth-order valence-corrected chi connectivity index (χ4v) is 4.65. The lowest BCUT2D eigenvalue weighted by molar-refractivity contribution is -0.275. The normalized spacial score (nSPS) is 24.4. The average molecular weight is 418 g/mol. The van der Waals surface area contributed by atoms with Crippen molar-refractivity contribution in [3.63, 3.8) is 0 Å². The second kappa shape index (κ2) is 6.94. The topological polar surface area (TPSA) is 53.5 Å². The number of alkyl halides is 3. The molecule has 0 fully saturated rings. The molecule has 3 N–H and O–H groups in total. The Bertz CT molecular complexity index is 1000. The van der Waals surface area contributed by atoms with Gasteiger partial charge in [0.1, 0.15) is 5.75 Å². The summed E-state index contributed by atoms with van der Waals surface area (Å²) in [7, 11) is 1.52. The van der Waals surface area contributed by atoms with Gasteiger partial charge in [-0.05, 0) is 59.0 Å². The van der Waals surface area contributed by atoms with Crippen LogP contribution in [0, 0.1) is 0 Å². The number of ether oxygens (including phenoxy) is 1. The molecule has 4 rings (SSSR count). The summed E-state index contributed by atoms with van der Waals surface area (Å²) in [4.78, 5) is 0. The number of halogens is 3. The Morgan fingerprint density at radius 3 is 2.67 bits per heavy atom. The van der Waals surface area contributed by atoms with E-state index in [0.717, 1.165) is 16.7 Å². The lowest BCUT2D eigenvalue weighted by atomic mass is 9.63. The van der Waals surface area contributed by atoms with Crippen LogP contribution in [0.4, 0.5) is 18.9 Å². The molecule has 0 bridgehead atoms. The molecule has 0 radical (unpaired) electrons. The summed E-state index contributed by atoms with van der Waals surface area (Å²) >= 11 is 0. The Morgan fingerprint density at radius 2 is 1.97 bits per heavy atom. The Balaban J connectivity index is 1.88. The Labute approximate surface area is 173 Å². The van der Waals surface area contributed by atoms with E-state index < -0.39 is 29.7 Å². The van der Waals surface area contributed by atoms with Crippen LogP contribution in [0.1, 0.15) is 48.6 Å². The molecule has 4 nitrogen and oxygen atoms in total. The minimum Gasteiger partial charge on any atom is -0.497 e. The highest BCUT2D eigenvalue weighted by Crippen LogP contribution is 2.55. The zero-order valence-electron chi connectivity index (χ0n) is 17.1. The van der Waals surface area contributed by atoms with Gasteiger partial charge in [-0.1, -0.05) is 32.0 Å². The summed E-state index contributed by atoms with van der Waals surface area (Å²) in [6.07, 6.45) is -1.68. The zero-order valence-corrected chi connectivity index (χ0v) is 17.1. The van der Waals surface area contributed by atoms with E-state index in [-0.39, 0.29) is 0 Å². The van der Waals surface area contributed by atoms with Crippen LogP contribution in [0.2, 0.25) is 0 Å². The van der Waals surface area contributed by atoms with Gasteiger partial charge in [0.05, 0.1) is 13.2 Å². The first-order valence-electron chi connectivity index (χ1n) is 9.83. The Kier molecular flexibility index (Phi) is 4.77. The van der Waals surface area contributed by atoms with Crippen LogP contribution >= 0.6 is 0 Å². The van der Waals surface area contributed by atoms with Crippen LogP contribution in [-0.2, 0) is 12.0 Å². The number of rotatable bonds is 3. The van der Waals surface area contributed by atoms with Crippen molar-refractivity contribution < 1.29 is 23.0 Å². The number of benzene rings is 2. The van der Waals surface area contributed by atoms with Gasteiger partial charge >= 0.3 is 6.18 Å². The van der Waals surface area contributed by atoms with E-state index in [1.165, 1.54) is 7.11 Å². The Morgan fingerprint density at radius 1 is 1.20 bits per heavy atom. The molecule has 1 heterocycles. The summed E-state index contributed by atoms with van der Waals surface area (Å²) in [6.45, 7) is 4.03. The van der Waals surface area contributed by atoms with Crippen molar-refractivity contribution in [2.24, 2.45) is 0 Å². The summed E-state index contributed by atoms with van der Waals surface area (Å²) in [5.41, 5.74) is -0.328. The third-order valence-corrected chi connectivity index (χ3v) is 6.14. The van der Waals surface area contributed by atoms with E-state index in [9.17, 15) is 18.3 Å². The fourth-order valence-electron chi connectivity index (χ4n) is 4.65. The van der Waals surface area contributed by atoms with E-state index >= 15 is 0 Å². The largest absolute Gasteiger partial charge is 0.497 e. The van der Waals surface area contributed by atoms with Gasteiger partial charge in [0.25, 0.3) is 0 Å². The van der Waals surface area contributed by atoms with Crippen molar-refractivity contribution in [3.05, 3.63) is 64.9 Å². The number of hydrogen-bond donors (Lipinski definition) is 3. The minimum atomic E-state index is -4.81. The van der Waals surface area contributed by atoms with E-state index in [2.05, 4.69) is 10.6 Å². The zero-order chi connectivity index (χ0) is 21.7. The fraction of sp³-hybridized carbons (Fsp3) is 0.391. The maximum absolute atomic E-state index is 14.3. The van der Waals surface area contributed by atoms with Crippen LogP contribution in [0.25, 0.3) is 6.08 Å². The summed E-state index contributed by atoms with van der Waals surface area (Å²) in [5.74, 6) is 0.573. The predicted octanol–water partition coefficient (Wildman–Crippen LogP) is 4.90. The van der Waals surface area contributed by atoms with Gasteiger partial charge in [-0.25, -0.2) is 0 Å². The number of fused-ring (bicyclic) bond motifs is 2. The SMILES string of the molecule is COc1ccc2c(c1)C(C)(C)CC(O)(C(F)(F)F)C2Nc1cccc2c1C=CNC2. The van der Waals surface area contributed by atoms with Crippen LogP contribution in [0.5, 0.6) is 5.75 Å². The van der Waals surface area contributed by atoms with Gasteiger partial charge in [0.2, 0.25) is 0 Å². The molecule has 2 aliphatic rings. The minimum absolute atomic E-state index is 0.419. The quantitative estimate of drug-likeness (QED) is 0.664. The van der Waals surface area contributed by atoms with E-state index in [1.807, 2.05) is 12.1 Å². The number of hydrogen-bond acceptors (Lipinski definition) is 4. The van der Waals surface area contributed by atoms with Crippen molar-refractivity contribution >= 4 is 11.8 Å². The second-order valence-corrected chi connectivity index (χ2v) is 8.61.